The molecule has 1 saturated carbocycles. The Kier molecular flexibility index (Phi) is 5.28. The third-order valence-electron chi connectivity index (χ3n) is 7.47. The van der Waals surface area contributed by atoms with E-state index in [2.05, 4.69) is 20.0 Å². The number of rotatable bonds is 4. The van der Waals surface area contributed by atoms with E-state index in [0.29, 0.717) is 42.6 Å². The van der Waals surface area contributed by atoms with E-state index in [4.69, 9.17) is 9.72 Å². The number of nitrogens with zero attached hydrogens (tertiary/aromatic N) is 6. The van der Waals surface area contributed by atoms with Crippen molar-refractivity contribution in [3.05, 3.63) is 64.9 Å². The SMILES string of the molecule is Cc1cc(N2C[C@H]3CC[C@@H](C2)C3Cc2nc3n(n2)CCO[C@H]3c2ccc(F)c(F)c2F)ncn1. The largest absolute Gasteiger partial charge is 0.363 e. The molecular formula is C24H25F3N6O. The first-order valence-corrected chi connectivity index (χ1v) is 11.7. The lowest BCUT2D eigenvalue weighted by Gasteiger charge is -2.38. The molecule has 2 bridgehead atoms. The summed E-state index contributed by atoms with van der Waals surface area (Å²) in [5.41, 5.74) is 0.897. The quantitative estimate of drug-likeness (QED) is 0.543. The van der Waals surface area contributed by atoms with E-state index in [-0.39, 0.29) is 5.56 Å². The van der Waals surface area contributed by atoms with Crippen LogP contribution < -0.4 is 4.90 Å². The molecule has 6 rings (SSSR count). The normalized spacial score (nSPS) is 26.1. The molecule has 2 aromatic heterocycles. The highest BCUT2D eigenvalue weighted by molar-refractivity contribution is 5.40. The Bertz CT molecular complexity index is 1220. The van der Waals surface area contributed by atoms with Crippen molar-refractivity contribution >= 4 is 5.82 Å². The Labute approximate surface area is 195 Å². The Balaban J connectivity index is 1.22. The summed E-state index contributed by atoms with van der Waals surface area (Å²) in [5, 5.41) is 4.68. The fraction of sp³-hybridized carbons (Fsp3) is 0.500. The molecule has 0 spiro atoms. The smallest absolute Gasteiger partial charge is 0.194 e. The molecule has 0 N–H and O–H groups in total. The van der Waals surface area contributed by atoms with Crippen LogP contribution in [0.2, 0.25) is 0 Å². The maximum Gasteiger partial charge on any atom is 0.194 e. The fourth-order valence-corrected chi connectivity index (χ4v) is 5.83. The lowest BCUT2D eigenvalue weighted by molar-refractivity contribution is 0.0364. The van der Waals surface area contributed by atoms with Crippen molar-refractivity contribution in [1.82, 2.24) is 24.7 Å². The summed E-state index contributed by atoms with van der Waals surface area (Å²) in [7, 11) is 0. The van der Waals surface area contributed by atoms with Crippen LogP contribution in [0.15, 0.2) is 24.5 Å². The second-order valence-corrected chi connectivity index (χ2v) is 9.51. The van der Waals surface area contributed by atoms with Gasteiger partial charge in [-0.25, -0.2) is 32.8 Å². The van der Waals surface area contributed by atoms with E-state index in [1.165, 1.54) is 6.07 Å². The van der Waals surface area contributed by atoms with Gasteiger partial charge in [-0.3, -0.25) is 0 Å². The molecule has 7 nitrogen and oxygen atoms in total. The predicted molar refractivity (Wildman–Crippen MR) is 117 cm³/mol. The molecule has 178 valence electrons. The summed E-state index contributed by atoms with van der Waals surface area (Å²) in [5.74, 6) is -0.355. The highest BCUT2D eigenvalue weighted by Crippen LogP contribution is 2.44. The Morgan fingerprint density at radius 3 is 2.62 bits per heavy atom. The van der Waals surface area contributed by atoms with E-state index < -0.39 is 23.6 Å². The zero-order valence-electron chi connectivity index (χ0n) is 18.8. The van der Waals surface area contributed by atoms with Crippen LogP contribution in [0, 0.1) is 42.1 Å². The third-order valence-corrected chi connectivity index (χ3v) is 7.47. The number of piperidine rings is 1. The number of ether oxygens (including phenoxy) is 1. The van der Waals surface area contributed by atoms with Crippen molar-refractivity contribution in [2.24, 2.45) is 17.8 Å². The number of fused-ring (bicyclic) bond motifs is 3. The molecule has 1 saturated heterocycles. The molecule has 10 heteroatoms. The van der Waals surface area contributed by atoms with E-state index in [1.54, 1.807) is 11.0 Å². The molecule has 4 atom stereocenters. The van der Waals surface area contributed by atoms with Crippen LogP contribution in [-0.4, -0.2) is 44.4 Å². The zero-order valence-corrected chi connectivity index (χ0v) is 18.8. The first-order chi connectivity index (χ1) is 16.5. The van der Waals surface area contributed by atoms with Gasteiger partial charge in [0, 0.05) is 36.8 Å². The van der Waals surface area contributed by atoms with Crippen LogP contribution in [-0.2, 0) is 17.7 Å². The summed E-state index contributed by atoms with van der Waals surface area (Å²) >= 11 is 0. The average Bonchev–Trinajstić information content (AvgIpc) is 3.33. The second-order valence-electron chi connectivity index (χ2n) is 9.51. The summed E-state index contributed by atoms with van der Waals surface area (Å²) in [6.07, 6.45) is 3.76. The van der Waals surface area contributed by atoms with Gasteiger partial charge in [0.25, 0.3) is 0 Å². The number of aromatic nitrogens is 5. The van der Waals surface area contributed by atoms with E-state index in [0.717, 1.165) is 49.9 Å². The number of benzene rings is 1. The van der Waals surface area contributed by atoms with Gasteiger partial charge in [-0.05, 0) is 49.7 Å². The molecule has 1 aliphatic carbocycles. The maximum absolute atomic E-state index is 14.5. The molecular weight excluding hydrogens is 445 g/mol. The van der Waals surface area contributed by atoms with Crippen LogP contribution >= 0.6 is 0 Å². The predicted octanol–water partition coefficient (Wildman–Crippen LogP) is 3.62. The topological polar surface area (TPSA) is 69.0 Å². The second kappa shape index (κ2) is 8.33. The molecule has 1 unspecified atom stereocenters. The third kappa shape index (κ3) is 3.64. The van der Waals surface area contributed by atoms with Crippen molar-refractivity contribution in [2.75, 3.05) is 24.6 Å². The van der Waals surface area contributed by atoms with Crippen LogP contribution in [0.4, 0.5) is 19.0 Å². The molecule has 34 heavy (non-hydrogen) atoms. The van der Waals surface area contributed by atoms with Crippen molar-refractivity contribution in [3.8, 4) is 0 Å². The summed E-state index contributed by atoms with van der Waals surface area (Å²) in [6.45, 7) is 4.64. The molecule has 2 fully saturated rings. The Morgan fingerprint density at radius 2 is 1.85 bits per heavy atom. The van der Waals surface area contributed by atoms with Gasteiger partial charge in [-0.15, -0.1) is 0 Å². The van der Waals surface area contributed by atoms with Crippen molar-refractivity contribution in [2.45, 2.75) is 38.8 Å². The molecule has 1 aromatic carbocycles. The molecule has 3 aromatic rings. The Morgan fingerprint density at radius 1 is 1.06 bits per heavy atom. The van der Waals surface area contributed by atoms with Crippen molar-refractivity contribution in [3.63, 3.8) is 0 Å². The first kappa shape index (κ1) is 21.5. The zero-order chi connectivity index (χ0) is 23.4. The number of aryl methyl sites for hydroxylation is 1. The number of halogens is 3. The minimum atomic E-state index is -1.50. The van der Waals surface area contributed by atoms with Crippen molar-refractivity contribution in [1.29, 1.82) is 0 Å². The minimum Gasteiger partial charge on any atom is -0.363 e. The van der Waals surface area contributed by atoms with Crippen molar-refractivity contribution < 1.29 is 17.9 Å². The van der Waals surface area contributed by atoms with E-state index in [1.807, 2.05) is 13.0 Å². The standard InChI is InChI=1S/C24H25F3N6O/c1-13-8-20(29-12-28-13)32-10-14-2-3-15(11-32)17(14)9-19-30-24-23(34-7-6-33(24)31-19)16-4-5-18(25)22(27)21(16)26/h4-5,8,12,14-15,17,23H,2-3,6-7,9-11H2,1H3/t14-,15+,17?,23-/m0/s1. The molecule has 2 aliphatic heterocycles. The monoisotopic (exact) mass is 470 g/mol. The lowest BCUT2D eigenvalue weighted by atomic mass is 9.82. The number of hydrogen-bond donors (Lipinski definition) is 0. The van der Waals surface area contributed by atoms with Gasteiger partial charge >= 0.3 is 0 Å². The highest BCUT2D eigenvalue weighted by atomic mass is 19.2. The van der Waals surface area contributed by atoms with Gasteiger partial charge in [0.15, 0.2) is 29.1 Å². The fourth-order valence-electron chi connectivity index (χ4n) is 5.83. The van der Waals surface area contributed by atoms with Gasteiger partial charge < -0.3 is 9.64 Å². The first-order valence-electron chi connectivity index (χ1n) is 11.7. The molecule has 4 heterocycles. The van der Waals surface area contributed by atoms with Gasteiger partial charge in [-0.1, -0.05) is 0 Å². The highest BCUT2D eigenvalue weighted by Gasteiger charge is 2.43. The van der Waals surface area contributed by atoms with Crippen LogP contribution in [0.1, 0.15) is 41.9 Å². The summed E-state index contributed by atoms with van der Waals surface area (Å²) in [4.78, 5) is 15.7. The van der Waals surface area contributed by atoms with Gasteiger partial charge in [-0.2, -0.15) is 5.10 Å². The molecule has 3 aliphatic rings. The van der Waals surface area contributed by atoms with E-state index >= 15 is 0 Å². The number of anilines is 1. The molecule has 0 radical (unpaired) electrons. The summed E-state index contributed by atoms with van der Waals surface area (Å²) in [6, 6.07) is 4.16. The van der Waals surface area contributed by atoms with E-state index in [9.17, 15) is 13.2 Å². The Hall–Kier alpha value is -3.01. The lowest BCUT2D eigenvalue weighted by Crippen LogP contribution is -2.43. The summed E-state index contributed by atoms with van der Waals surface area (Å²) < 4.78 is 49.2. The van der Waals surface area contributed by atoms with Gasteiger partial charge in [0.1, 0.15) is 18.2 Å². The maximum atomic E-state index is 14.5. The molecule has 0 amide bonds. The van der Waals surface area contributed by atoms with Crippen LogP contribution in [0.25, 0.3) is 0 Å². The minimum absolute atomic E-state index is 0.0627. The average molecular weight is 470 g/mol. The van der Waals surface area contributed by atoms with Gasteiger partial charge in [0.2, 0.25) is 0 Å². The van der Waals surface area contributed by atoms with Crippen LogP contribution in [0.5, 0.6) is 0 Å². The van der Waals surface area contributed by atoms with Crippen LogP contribution in [0.3, 0.4) is 0 Å². The number of hydrogen-bond acceptors (Lipinski definition) is 6. The van der Waals surface area contributed by atoms with Gasteiger partial charge in [0.05, 0.1) is 13.2 Å².